The van der Waals surface area contributed by atoms with E-state index in [1.807, 2.05) is 96.5 Å². The Hall–Kier alpha value is -4.15. The van der Waals surface area contributed by atoms with Crippen LogP contribution in [0.1, 0.15) is 72.6 Å². The van der Waals surface area contributed by atoms with Gasteiger partial charge in [0.25, 0.3) is 5.91 Å². The molecule has 6 rings (SSSR count). The first-order valence-electron chi connectivity index (χ1n) is 16.8. The number of benzene rings is 2. The number of fused-ring (bicyclic) bond motifs is 1. The average molecular weight is 640 g/mol. The highest BCUT2D eigenvalue weighted by Gasteiger charge is 2.52. The third-order valence-corrected chi connectivity index (χ3v) is 10.4. The topological polar surface area (TPSA) is 91.5 Å². The Bertz CT molecular complexity index is 1580. The van der Waals surface area contributed by atoms with Gasteiger partial charge in [0.1, 0.15) is 6.17 Å². The molecule has 1 saturated carbocycles. The number of hydrazine groups is 1. The highest BCUT2D eigenvalue weighted by atomic mass is 16.2. The standard InChI is InChI=1S/C37H49N7O3/c1-37(2)33-30(23-44(37)36(47)38-31(24-40(3)4)26-14-8-7-9-15-26)34(42(6)41(33)5)39-35(46)27-17-18-28-21-43(22-29(28)20-27)32(45)19-16-25-12-10-11-13-25/h7-9,14-20,25,31,34H,10-13,21-24H2,1-6H3,(H,38,47)(H,39,46)/t31-,34?/m1/s1. The summed E-state index contributed by atoms with van der Waals surface area (Å²) in [5.74, 6) is 0.362. The molecule has 2 aromatic rings. The van der Waals surface area contributed by atoms with Gasteiger partial charge in [-0.1, -0.05) is 55.3 Å². The van der Waals surface area contributed by atoms with Crippen LogP contribution in [0.4, 0.5) is 4.79 Å². The second-order valence-corrected chi connectivity index (χ2v) is 14.2. The van der Waals surface area contributed by atoms with Crippen molar-refractivity contribution in [1.82, 2.24) is 35.4 Å². The van der Waals surface area contributed by atoms with Crippen molar-refractivity contribution in [2.24, 2.45) is 5.92 Å². The molecule has 0 bridgehead atoms. The number of amides is 4. The first-order valence-corrected chi connectivity index (χ1v) is 16.8. The minimum absolute atomic E-state index is 0.0310. The molecule has 10 nitrogen and oxygen atoms in total. The van der Waals surface area contributed by atoms with Crippen molar-refractivity contribution in [3.8, 4) is 0 Å². The fourth-order valence-corrected chi connectivity index (χ4v) is 7.73. The first kappa shape index (κ1) is 32.8. The van der Waals surface area contributed by atoms with E-state index >= 15 is 0 Å². The van der Waals surface area contributed by atoms with E-state index in [1.165, 1.54) is 25.7 Å². The van der Waals surface area contributed by atoms with E-state index in [-0.39, 0.29) is 23.9 Å². The predicted octanol–water partition coefficient (Wildman–Crippen LogP) is 4.48. The summed E-state index contributed by atoms with van der Waals surface area (Å²) < 4.78 is 0. The molecule has 10 heteroatoms. The lowest BCUT2D eigenvalue weighted by atomic mass is 9.99. The number of nitrogens with zero attached hydrogens (tertiary/aromatic N) is 5. The van der Waals surface area contributed by atoms with Crippen molar-refractivity contribution in [1.29, 1.82) is 0 Å². The second kappa shape index (κ2) is 13.2. The van der Waals surface area contributed by atoms with Crippen LogP contribution >= 0.6 is 0 Å². The molecule has 2 atom stereocenters. The van der Waals surface area contributed by atoms with Gasteiger partial charge in [-0.25, -0.2) is 4.79 Å². The Morgan fingerprint density at radius 3 is 2.38 bits per heavy atom. The summed E-state index contributed by atoms with van der Waals surface area (Å²) in [4.78, 5) is 46.3. The van der Waals surface area contributed by atoms with Crippen LogP contribution in [-0.2, 0) is 17.9 Å². The molecule has 1 unspecified atom stereocenters. The van der Waals surface area contributed by atoms with E-state index in [9.17, 15) is 14.4 Å². The zero-order valence-corrected chi connectivity index (χ0v) is 28.6. The number of urea groups is 1. The molecule has 1 fully saturated rings. The number of carbonyl (C=O) groups is 3. The summed E-state index contributed by atoms with van der Waals surface area (Å²) in [7, 11) is 7.94. The Morgan fingerprint density at radius 2 is 1.68 bits per heavy atom. The largest absolute Gasteiger partial charge is 0.331 e. The fourth-order valence-electron chi connectivity index (χ4n) is 7.73. The SMILES string of the molecule is CN(C)C[C@@H](NC(=O)N1CC2=C(N(C)N(C)C2NC(=O)c2ccc3c(c2)CN(C(=O)C=CC2CCCC2)C3)C1(C)C)c1ccccc1. The molecule has 3 heterocycles. The number of rotatable bonds is 8. The van der Waals surface area contributed by atoms with Gasteiger partial charge in [0.15, 0.2) is 0 Å². The van der Waals surface area contributed by atoms with E-state index in [0.717, 1.165) is 28.0 Å². The maximum Gasteiger partial charge on any atom is 0.318 e. The molecule has 0 radical (unpaired) electrons. The van der Waals surface area contributed by atoms with Crippen LogP contribution in [0.2, 0.25) is 0 Å². The summed E-state index contributed by atoms with van der Waals surface area (Å²) >= 11 is 0. The summed E-state index contributed by atoms with van der Waals surface area (Å²) in [5, 5.41) is 10.6. The Kier molecular flexibility index (Phi) is 9.18. The Labute approximate surface area is 279 Å². The van der Waals surface area contributed by atoms with Crippen molar-refractivity contribution in [3.05, 3.63) is 94.2 Å². The highest BCUT2D eigenvalue weighted by Crippen LogP contribution is 2.43. The van der Waals surface area contributed by atoms with Gasteiger partial charge in [-0.3, -0.25) is 9.59 Å². The maximum absolute atomic E-state index is 13.9. The third-order valence-electron chi connectivity index (χ3n) is 10.4. The van der Waals surface area contributed by atoms with Crippen LogP contribution in [0.3, 0.4) is 0 Å². The smallest absolute Gasteiger partial charge is 0.318 e. The summed E-state index contributed by atoms with van der Waals surface area (Å²) in [6, 6.07) is 15.5. The first-order chi connectivity index (χ1) is 22.4. The normalized spacial score (nSPS) is 21.6. The summed E-state index contributed by atoms with van der Waals surface area (Å²) in [6.45, 7) is 6.24. The molecule has 0 spiro atoms. The summed E-state index contributed by atoms with van der Waals surface area (Å²) in [6.07, 6.45) is 8.23. The number of allylic oxidation sites excluding steroid dienone is 1. The Balaban J connectivity index is 1.13. The molecule has 0 saturated heterocycles. The third kappa shape index (κ3) is 6.53. The van der Waals surface area contributed by atoms with Crippen LogP contribution in [0.5, 0.6) is 0 Å². The van der Waals surface area contributed by atoms with Gasteiger partial charge < -0.3 is 30.3 Å². The Morgan fingerprint density at radius 1 is 0.979 bits per heavy atom. The van der Waals surface area contributed by atoms with E-state index in [0.29, 0.717) is 37.7 Å². The van der Waals surface area contributed by atoms with Crippen LogP contribution in [-0.4, -0.2) is 95.5 Å². The molecule has 250 valence electrons. The van der Waals surface area contributed by atoms with Crippen LogP contribution in [0.25, 0.3) is 0 Å². The number of hydrogen-bond acceptors (Lipinski definition) is 6. The van der Waals surface area contributed by atoms with Gasteiger partial charge in [0, 0.05) is 51.4 Å². The molecule has 2 aromatic carbocycles. The molecule has 4 aliphatic rings. The van der Waals surface area contributed by atoms with Gasteiger partial charge in [0.05, 0.1) is 17.3 Å². The zero-order valence-electron chi connectivity index (χ0n) is 28.6. The van der Waals surface area contributed by atoms with Crippen LogP contribution in [0.15, 0.2) is 72.0 Å². The van der Waals surface area contributed by atoms with E-state index in [4.69, 9.17) is 0 Å². The van der Waals surface area contributed by atoms with Gasteiger partial charge in [0.2, 0.25) is 5.91 Å². The second-order valence-electron chi connectivity index (χ2n) is 14.2. The van der Waals surface area contributed by atoms with Gasteiger partial charge >= 0.3 is 6.03 Å². The maximum atomic E-state index is 13.9. The van der Waals surface area contributed by atoms with Gasteiger partial charge in [-0.05, 0) is 81.6 Å². The predicted molar refractivity (Wildman–Crippen MR) is 183 cm³/mol. The summed E-state index contributed by atoms with van der Waals surface area (Å²) in [5.41, 5.74) is 5.11. The van der Waals surface area contributed by atoms with E-state index < -0.39 is 11.7 Å². The monoisotopic (exact) mass is 639 g/mol. The highest BCUT2D eigenvalue weighted by molar-refractivity contribution is 5.95. The van der Waals surface area contributed by atoms with Crippen molar-refractivity contribution in [2.75, 3.05) is 41.3 Å². The molecular weight excluding hydrogens is 590 g/mol. The van der Waals surface area contributed by atoms with E-state index in [2.05, 4.69) is 35.5 Å². The lowest BCUT2D eigenvalue weighted by Crippen LogP contribution is -2.57. The lowest BCUT2D eigenvalue weighted by Gasteiger charge is -2.41. The lowest BCUT2D eigenvalue weighted by molar-refractivity contribution is -0.126. The molecule has 3 aliphatic heterocycles. The molecule has 1 aliphatic carbocycles. The molecule has 47 heavy (non-hydrogen) atoms. The number of carbonyl (C=O) groups excluding carboxylic acids is 3. The number of likely N-dealkylation sites (N-methyl/N-ethyl adjacent to an activating group) is 3. The van der Waals surface area contributed by atoms with Crippen molar-refractivity contribution in [2.45, 2.75) is 70.4 Å². The zero-order chi connectivity index (χ0) is 33.5. The van der Waals surface area contributed by atoms with Gasteiger partial charge in [-0.2, -0.15) is 5.01 Å². The van der Waals surface area contributed by atoms with Crippen molar-refractivity contribution in [3.63, 3.8) is 0 Å². The molecular formula is C37H49N7O3. The van der Waals surface area contributed by atoms with Crippen LogP contribution in [0, 0.1) is 5.92 Å². The fraction of sp³-hybridized carbons (Fsp3) is 0.486. The van der Waals surface area contributed by atoms with Crippen molar-refractivity contribution >= 4 is 17.8 Å². The quantitative estimate of drug-likeness (QED) is 0.414. The number of nitrogens with one attached hydrogen (secondary N) is 2. The number of hydrogen-bond donors (Lipinski definition) is 2. The van der Waals surface area contributed by atoms with Crippen LogP contribution < -0.4 is 10.6 Å². The average Bonchev–Trinajstić information content (AvgIpc) is 3.82. The minimum atomic E-state index is -0.600. The minimum Gasteiger partial charge on any atom is -0.331 e. The molecule has 2 N–H and O–H groups in total. The van der Waals surface area contributed by atoms with Gasteiger partial charge in [-0.15, -0.1) is 0 Å². The van der Waals surface area contributed by atoms with E-state index in [1.54, 1.807) is 6.08 Å². The molecule has 0 aromatic heterocycles. The molecule has 4 amide bonds. The van der Waals surface area contributed by atoms with Crippen molar-refractivity contribution < 1.29 is 14.4 Å².